The molecule has 4 heteroatoms. The van der Waals surface area contributed by atoms with Gasteiger partial charge in [0.2, 0.25) is 0 Å². The van der Waals surface area contributed by atoms with E-state index >= 15 is 0 Å². The maximum Gasteiger partial charge on any atom is 0.261 e. The van der Waals surface area contributed by atoms with Crippen LogP contribution in [0.5, 0.6) is 0 Å². The average molecular weight is 441 g/mol. The van der Waals surface area contributed by atoms with E-state index in [9.17, 15) is 9.59 Å². The Kier molecular flexibility index (Phi) is 6.43. The standard InChI is InChI=1S/C29H32N2O2/c32-28-25-14-9-13-24-23(17-21-30-18-6-2-7-19-30)15-16-26(27(24)25)29(33)31(28)20-8-1-3-10-22-11-4-5-12-22/h4-5,9,11-17,21-22H,1-3,6-8,10,18-20H2/b21-17+. The fourth-order valence-corrected chi connectivity index (χ4v) is 5.27. The molecule has 1 aliphatic carbocycles. The van der Waals surface area contributed by atoms with Crippen LogP contribution in [0.4, 0.5) is 0 Å². The monoisotopic (exact) mass is 440 g/mol. The Labute approximate surface area is 196 Å². The molecule has 0 atom stereocenters. The normalized spacial score (nSPS) is 18.4. The molecule has 170 valence electrons. The molecule has 33 heavy (non-hydrogen) atoms. The van der Waals surface area contributed by atoms with Crippen LogP contribution in [-0.2, 0) is 0 Å². The smallest absolute Gasteiger partial charge is 0.261 e. The average Bonchev–Trinajstić information content (AvgIpc) is 3.37. The molecule has 0 aromatic heterocycles. The zero-order chi connectivity index (χ0) is 22.6. The number of carbonyl (C=O) groups is 2. The molecule has 0 radical (unpaired) electrons. The Morgan fingerprint density at radius 2 is 1.61 bits per heavy atom. The summed E-state index contributed by atoms with van der Waals surface area (Å²) in [6.45, 7) is 2.68. The first kappa shape index (κ1) is 21.7. The summed E-state index contributed by atoms with van der Waals surface area (Å²) >= 11 is 0. The predicted octanol–water partition coefficient (Wildman–Crippen LogP) is 6.20. The summed E-state index contributed by atoms with van der Waals surface area (Å²) in [6, 6.07) is 9.76. The molecule has 2 heterocycles. The number of allylic oxidation sites excluding steroid dienone is 4. The summed E-state index contributed by atoms with van der Waals surface area (Å²) in [7, 11) is 0. The van der Waals surface area contributed by atoms with E-state index in [1.165, 1.54) is 24.2 Å². The lowest BCUT2D eigenvalue weighted by molar-refractivity contribution is 0.0607. The van der Waals surface area contributed by atoms with Crippen LogP contribution in [0.2, 0.25) is 0 Å². The van der Waals surface area contributed by atoms with Gasteiger partial charge in [-0.1, -0.05) is 55.3 Å². The lowest BCUT2D eigenvalue weighted by atomic mass is 9.91. The summed E-state index contributed by atoms with van der Waals surface area (Å²) in [5.74, 6) is 0.236. The van der Waals surface area contributed by atoms with Gasteiger partial charge >= 0.3 is 0 Å². The van der Waals surface area contributed by atoms with Crippen LogP contribution in [0.1, 0.15) is 71.2 Å². The Hall–Kier alpha value is -3.14. The molecule has 3 aliphatic rings. The number of hydrogen-bond acceptors (Lipinski definition) is 3. The van der Waals surface area contributed by atoms with E-state index < -0.39 is 0 Å². The van der Waals surface area contributed by atoms with Gasteiger partial charge in [0, 0.05) is 36.1 Å². The highest BCUT2D eigenvalue weighted by Gasteiger charge is 2.32. The largest absolute Gasteiger partial charge is 0.377 e. The number of likely N-dealkylation sites (tertiary alicyclic amines) is 1. The van der Waals surface area contributed by atoms with Crippen molar-refractivity contribution >= 4 is 28.7 Å². The molecule has 2 aromatic rings. The minimum atomic E-state index is -0.156. The van der Waals surface area contributed by atoms with Gasteiger partial charge in [0.1, 0.15) is 0 Å². The molecule has 2 aliphatic heterocycles. The third-order valence-corrected chi connectivity index (χ3v) is 7.13. The van der Waals surface area contributed by atoms with E-state index in [4.69, 9.17) is 0 Å². The van der Waals surface area contributed by atoms with Crippen molar-refractivity contribution in [3.05, 3.63) is 77.5 Å². The Balaban J connectivity index is 1.31. The number of nitrogens with zero attached hydrogens (tertiary/aromatic N) is 2. The first-order valence-corrected chi connectivity index (χ1v) is 12.4. The minimum Gasteiger partial charge on any atom is -0.377 e. The molecule has 4 nitrogen and oxygen atoms in total. The number of amides is 2. The lowest BCUT2D eigenvalue weighted by Gasteiger charge is -2.28. The van der Waals surface area contributed by atoms with Crippen LogP contribution in [0.25, 0.3) is 16.8 Å². The highest BCUT2D eigenvalue weighted by Crippen LogP contribution is 2.33. The van der Waals surface area contributed by atoms with Gasteiger partial charge in [0.25, 0.3) is 11.8 Å². The Morgan fingerprint density at radius 3 is 2.39 bits per heavy atom. The van der Waals surface area contributed by atoms with Crippen LogP contribution in [0, 0.1) is 5.92 Å². The number of benzene rings is 2. The van der Waals surface area contributed by atoms with Crippen molar-refractivity contribution in [3.63, 3.8) is 0 Å². The predicted molar refractivity (Wildman–Crippen MR) is 134 cm³/mol. The number of hydrogen-bond donors (Lipinski definition) is 0. The molecular formula is C29H32N2O2. The summed E-state index contributed by atoms with van der Waals surface area (Å²) in [6.07, 6.45) is 20.8. The number of carbonyl (C=O) groups excluding carboxylic acids is 2. The molecule has 0 unspecified atom stereocenters. The number of imide groups is 1. The highest BCUT2D eigenvalue weighted by molar-refractivity contribution is 6.26. The second-order valence-corrected chi connectivity index (χ2v) is 9.39. The van der Waals surface area contributed by atoms with Crippen molar-refractivity contribution in [3.8, 4) is 0 Å². The summed E-state index contributed by atoms with van der Waals surface area (Å²) in [5.41, 5.74) is 2.36. The third-order valence-electron chi connectivity index (χ3n) is 7.13. The van der Waals surface area contributed by atoms with Gasteiger partial charge in [-0.25, -0.2) is 0 Å². The molecule has 1 fully saturated rings. The van der Waals surface area contributed by atoms with Crippen LogP contribution < -0.4 is 0 Å². The quantitative estimate of drug-likeness (QED) is 0.363. The fourth-order valence-electron chi connectivity index (χ4n) is 5.27. The Bertz CT molecular complexity index is 1100. The van der Waals surface area contributed by atoms with E-state index in [0.29, 0.717) is 23.6 Å². The molecule has 0 spiro atoms. The first-order valence-electron chi connectivity index (χ1n) is 12.4. The zero-order valence-electron chi connectivity index (χ0n) is 19.2. The van der Waals surface area contributed by atoms with Crippen LogP contribution in [0.15, 0.2) is 60.8 Å². The van der Waals surface area contributed by atoms with Crippen molar-refractivity contribution in [2.75, 3.05) is 19.6 Å². The van der Waals surface area contributed by atoms with Gasteiger partial charge in [0.15, 0.2) is 0 Å². The zero-order valence-corrected chi connectivity index (χ0v) is 19.2. The fraction of sp³-hybridized carbons (Fsp3) is 0.379. The van der Waals surface area contributed by atoms with Crippen LogP contribution in [-0.4, -0.2) is 41.2 Å². The van der Waals surface area contributed by atoms with Gasteiger partial charge < -0.3 is 4.90 Å². The molecule has 0 N–H and O–H groups in total. The van der Waals surface area contributed by atoms with Gasteiger partial charge in [0.05, 0.1) is 0 Å². The minimum absolute atomic E-state index is 0.156. The number of piperidine rings is 1. The maximum absolute atomic E-state index is 13.3. The SMILES string of the molecule is O=C1c2cccc3c(/C=C/N4CCCCC4)ccc(c23)C(=O)N1CCCCCC1C=CC=C1. The third kappa shape index (κ3) is 4.52. The van der Waals surface area contributed by atoms with Gasteiger partial charge in [-0.2, -0.15) is 0 Å². The summed E-state index contributed by atoms with van der Waals surface area (Å²) < 4.78 is 0. The Morgan fingerprint density at radius 1 is 0.848 bits per heavy atom. The highest BCUT2D eigenvalue weighted by atomic mass is 16.2. The van der Waals surface area contributed by atoms with E-state index in [2.05, 4.69) is 41.5 Å². The van der Waals surface area contributed by atoms with Crippen molar-refractivity contribution in [2.45, 2.75) is 44.9 Å². The summed E-state index contributed by atoms with van der Waals surface area (Å²) in [4.78, 5) is 30.3. The topological polar surface area (TPSA) is 40.6 Å². The molecule has 5 rings (SSSR count). The van der Waals surface area contributed by atoms with Gasteiger partial charge in [-0.05, 0) is 73.4 Å². The van der Waals surface area contributed by atoms with Crippen molar-refractivity contribution in [1.82, 2.24) is 9.80 Å². The van der Waals surface area contributed by atoms with Crippen molar-refractivity contribution in [1.29, 1.82) is 0 Å². The lowest BCUT2D eigenvalue weighted by Crippen LogP contribution is -2.40. The van der Waals surface area contributed by atoms with Crippen LogP contribution in [0.3, 0.4) is 0 Å². The molecular weight excluding hydrogens is 408 g/mol. The molecule has 1 saturated heterocycles. The van der Waals surface area contributed by atoms with Gasteiger partial charge in [-0.3, -0.25) is 14.5 Å². The van der Waals surface area contributed by atoms with Crippen LogP contribution >= 0.6 is 0 Å². The second-order valence-electron chi connectivity index (χ2n) is 9.39. The van der Waals surface area contributed by atoms with E-state index in [1.807, 2.05) is 30.3 Å². The first-order chi connectivity index (χ1) is 16.2. The van der Waals surface area contributed by atoms with E-state index in [1.54, 1.807) is 0 Å². The van der Waals surface area contributed by atoms with Crippen molar-refractivity contribution in [2.24, 2.45) is 5.92 Å². The number of rotatable bonds is 8. The second kappa shape index (κ2) is 9.78. The molecule has 0 saturated carbocycles. The maximum atomic E-state index is 13.3. The molecule has 2 aromatic carbocycles. The number of unbranched alkanes of at least 4 members (excludes halogenated alkanes) is 2. The van der Waals surface area contributed by atoms with E-state index in [0.717, 1.165) is 55.1 Å². The van der Waals surface area contributed by atoms with E-state index in [-0.39, 0.29) is 11.8 Å². The van der Waals surface area contributed by atoms with Crippen molar-refractivity contribution < 1.29 is 9.59 Å². The molecule has 0 bridgehead atoms. The van der Waals surface area contributed by atoms with Gasteiger partial charge in [-0.15, -0.1) is 0 Å². The molecule has 2 amide bonds. The summed E-state index contributed by atoms with van der Waals surface area (Å²) in [5, 5.41) is 1.79.